The lowest BCUT2D eigenvalue weighted by Gasteiger charge is -2.37. The summed E-state index contributed by atoms with van der Waals surface area (Å²) in [6, 6.07) is 0. The molecule has 84 valence electrons. The Balaban J connectivity index is 2.11. The van der Waals surface area contributed by atoms with Crippen LogP contribution < -0.4 is 0 Å². The van der Waals surface area contributed by atoms with Crippen LogP contribution in [0.1, 0.15) is 46.0 Å². The van der Waals surface area contributed by atoms with Gasteiger partial charge in [0.2, 0.25) is 0 Å². The second kappa shape index (κ2) is 3.99. The van der Waals surface area contributed by atoms with Crippen LogP contribution in [0, 0.1) is 11.3 Å². The van der Waals surface area contributed by atoms with Crippen LogP contribution in [0.15, 0.2) is 11.8 Å². The maximum Gasteiger partial charge on any atom is 0.165 e. The maximum atomic E-state index is 12.3. The van der Waals surface area contributed by atoms with E-state index in [0.29, 0.717) is 12.4 Å². The largest absolute Gasteiger partial charge is 0.500 e. The first-order valence-electron chi connectivity index (χ1n) is 5.96. The van der Waals surface area contributed by atoms with Gasteiger partial charge in [-0.25, -0.2) is 0 Å². The lowest BCUT2D eigenvalue weighted by molar-refractivity contribution is -0.124. The predicted octanol–water partition coefficient (Wildman–Crippen LogP) is 3.08. The summed E-state index contributed by atoms with van der Waals surface area (Å²) in [5.74, 6) is 0.566. The van der Waals surface area contributed by atoms with E-state index in [-0.39, 0.29) is 11.3 Å². The van der Waals surface area contributed by atoms with Crippen LogP contribution in [-0.2, 0) is 9.53 Å². The predicted molar refractivity (Wildman–Crippen MR) is 59.4 cm³/mol. The topological polar surface area (TPSA) is 26.3 Å². The standard InChI is InChI=1S/C13H20O2/c1-13(2)7-4-3-5-11(13)12(14)10-6-8-15-9-10/h9,11H,3-8H2,1-2H3. The van der Waals surface area contributed by atoms with E-state index in [0.717, 1.165) is 18.4 Å². The molecule has 0 aromatic rings. The zero-order chi connectivity index (χ0) is 10.9. The molecule has 1 heterocycles. The molecule has 2 nitrogen and oxygen atoms in total. The van der Waals surface area contributed by atoms with E-state index in [4.69, 9.17) is 4.74 Å². The van der Waals surface area contributed by atoms with Crippen molar-refractivity contribution in [1.82, 2.24) is 0 Å². The van der Waals surface area contributed by atoms with Gasteiger partial charge >= 0.3 is 0 Å². The lowest BCUT2D eigenvalue weighted by Crippen LogP contribution is -2.34. The average molecular weight is 208 g/mol. The highest BCUT2D eigenvalue weighted by molar-refractivity contribution is 5.97. The molecule has 1 aliphatic heterocycles. The number of Topliss-reactive ketones (excluding diaryl/α,β-unsaturated/α-hetero) is 1. The highest BCUT2D eigenvalue weighted by atomic mass is 16.5. The fourth-order valence-corrected chi connectivity index (χ4v) is 2.77. The Morgan fingerprint density at radius 3 is 2.87 bits per heavy atom. The average Bonchev–Trinajstić information content (AvgIpc) is 2.69. The number of carbonyl (C=O) groups is 1. The van der Waals surface area contributed by atoms with Crippen LogP contribution in [-0.4, -0.2) is 12.4 Å². The second-order valence-corrected chi connectivity index (χ2v) is 5.42. The van der Waals surface area contributed by atoms with Crippen LogP contribution >= 0.6 is 0 Å². The molecule has 0 N–H and O–H groups in total. The molecular formula is C13H20O2. The summed E-state index contributed by atoms with van der Waals surface area (Å²) < 4.78 is 5.15. The van der Waals surface area contributed by atoms with Crippen molar-refractivity contribution in [2.75, 3.05) is 6.61 Å². The number of hydrogen-bond donors (Lipinski definition) is 0. The molecule has 1 unspecified atom stereocenters. The fraction of sp³-hybridized carbons (Fsp3) is 0.769. The summed E-state index contributed by atoms with van der Waals surface area (Å²) >= 11 is 0. The van der Waals surface area contributed by atoms with Crippen molar-refractivity contribution >= 4 is 5.78 Å². The van der Waals surface area contributed by atoms with E-state index in [1.54, 1.807) is 6.26 Å². The lowest BCUT2D eigenvalue weighted by atomic mass is 9.66. The SMILES string of the molecule is CC1(C)CCCCC1C(=O)C1=COCC1. The molecule has 0 bridgehead atoms. The minimum Gasteiger partial charge on any atom is -0.500 e. The molecule has 1 saturated carbocycles. The van der Waals surface area contributed by atoms with Gasteiger partial charge in [0.05, 0.1) is 12.9 Å². The quantitative estimate of drug-likeness (QED) is 0.697. The Hall–Kier alpha value is -0.790. The van der Waals surface area contributed by atoms with Gasteiger partial charge in [0.25, 0.3) is 0 Å². The first-order valence-corrected chi connectivity index (χ1v) is 5.96. The van der Waals surface area contributed by atoms with Gasteiger partial charge in [-0.3, -0.25) is 4.79 Å². The van der Waals surface area contributed by atoms with Crippen LogP contribution in [0.4, 0.5) is 0 Å². The van der Waals surface area contributed by atoms with E-state index in [1.165, 1.54) is 19.3 Å². The maximum absolute atomic E-state index is 12.3. The molecule has 0 saturated heterocycles. The molecule has 15 heavy (non-hydrogen) atoms. The smallest absolute Gasteiger partial charge is 0.165 e. The third-order valence-corrected chi connectivity index (χ3v) is 3.86. The van der Waals surface area contributed by atoms with Gasteiger partial charge in [0.1, 0.15) is 0 Å². The van der Waals surface area contributed by atoms with Crippen molar-refractivity contribution < 1.29 is 9.53 Å². The Bertz CT molecular complexity index is 289. The Kier molecular flexibility index (Phi) is 2.85. The highest BCUT2D eigenvalue weighted by Crippen LogP contribution is 2.42. The van der Waals surface area contributed by atoms with E-state index in [9.17, 15) is 4.79 Å². The highest BCUT2D eigenvalue weighted by Gasteiger charge is 2.38. The molecule has 0 amide bonds. The van der Waals surface area contributed by atoms with Gasteiger partial charge in [-0.1, -0.05) is 26.7 Å². The van der Waals surface area contributed by atoms with Crippen LogP contribution in [0.3, 0.4) is 0 Å². The number of carbonyl (C=O) groups excluding carboxylic acids is 1. The summed E-state index contributed by atoms with van der Waals surface area (Å²) in [6.07, 6.45) is 7.19. The Labute approximate surface area is 91.7 Å². The van der Waals surface area contributed by atoms with E-state index < -0.39 is 0 Å². The monoisotopic (exact) mass is 208 g/mol. The van der Waals surface area contributed by atoms with Gasteiger partial charge in [0.15, 0.2) is 5.78 Å². The molecule has 0 aromatic heterocycles. The molecule has 2 aliphatic rings. The summed E-state index contributed by atoms with van der Waals surface area (Å²) in [4.78, 5) is 12.3. The van der Waals surface area contributed by atoms with Gasteiger partial charge < -0.3 is 4.74 Å². The second-order valence-electron chi connectivity index (χ2n) is 5.42. The van der Waals surface area contributed by atoms with E-state index >= 15 is 0 Å². The van der Waals surface area contributed by atoms with Gasteiger partial charge in [-0.05, 0) is 18.3 Å². The van der Waals surface area contributed by atoms with Gasteiger partial charge in [0, 0.05) is 17.9 Å². The van der Waals surface area contributed by atoms with E-state index in [1.807, 2.05) is 0 Å². The molecule has 0 spiro atoms. The van der Waals surface area contributed by atoms with Crippen LogP contribution in [0.25, 0.3) is 0 Å². The van der Waals surface area contributed by atoms with Gasteiger partial charge in [-0.15, -0.1) is 0 Å². The minimum absolute atomic E-state index is 0.179. The van der Waals surface area contributed by atoms with Crippen LogP contribution in [0.5, 0.6) is 0 Å². The van der Waals surface area contributed by atoms with Crippen molar-refractivity contribution in [3.05, 3.63) is 11.8 Å². The molecular weight excluding hydrogens is 188 g/mol. The number of hydrogen-bond acceptors (Lipinski definition) is 2. The summed E-state index contributed by atoms with van der Waals surface area (Å²) in [7, 11) is 0. The third-order valence-electron chi connectivity index (χ3n) is 3.86. The van der Waals surface area contributed by atoms with Crippen molar-refractivity contribution in [1.29, 1.82) is 0 Å². The normalized spacial score (nSPS) is 29.5. The molecule has 2 rings (SSSR count). The number of rotatable bonds is 2. The molecule has 1 atom stereocenters. The first kappa shape index (κ1) is 10.7. The summed E-state index contributed by atoms with van der Waals surface area (Å²) in [6.45, 7) is 5.14. The zero-order valence-electron chi connectivity index (χ0n) is 9.71. The summed E-state index contributed by atoms with van der Waals surface area (Å²) in [5.41, 5.74) is 1.09. The minimum atomic E-state index is 0.179. The van der Waals surface area contributed by atoms with Crippen molar-refractivity contribution in [3.8, 4) is 0 Å². The Morgan fingerprint density at radius 2 is 2.27 bits per heavy atom. The van der Waals surface area contributed by atoms with Crippen molar-refractivity contribution in [2.45, 2.75) is 46.0 Å². The zero-order valence-corrected chi connectivity index (χ0v) is 9.71. The summed E-state index contributed by atoms with van der Waals surface area (Å²) in [5, 5.41) is 0. The van der Waals surface area contributed by atoms with Crippen LogP contribution in [0.2, 0.25) is 0 Å². The van der Waals surface area contributed by atoms with Crippen molar-refractivity contribution in [2.24, 2.45) is 11.3 Å². The fourth-order valence-electron chi connectivity index (χ4n) is 2.77. The Morgan fingerprint density at radius 1 is 1.47 bits per heavy atom. The molecule has 2 heteroatoms. The van der Waals surface area contributed by atoms with E-state index in [2.05, 4.69) is 13.8 Å². The first-order chi connectivity index (χ1) is 7.11. The number of ketones is 1. The molecule has 0 aromatic carbocycles. The van der Waals surface area contributed by atoms with Crippen molar-refractivity contribution in [3.63, 3.8) is 0 Å². The molecule has 1 fully saturated rings. The number of ether oxygens (including phenoxy) is 1. The molecule has 1 aliphatic carbocycles. The molecule has 0 radical (unpaired) electrons. The third kappa shape index (κ3) is 2.09. The van der Waals surface area contributed by atoms with Gasteiger partial charge in [-0.2, -0.15) is 0 Å².